The van der Waals surface area contributed by atoms with Crippen LogP contribution in [0, 0.1) is 19.6 Å². The van der Waals surface area contributed by atoms with Gasteiger partial charge in [0.2, 0.25) is 0 Å². The molecular formula is C11H13Zn-3. The van der Waals surface area contributed by atoms with Crippen molar-refractivity contribution in [1.29, 1.82) is 0 Å². The molecule has 0 atom stereocenters. The van der Waals surface area contributed by atoms with Gasteiger partial charge in [-0.25, -0.2) is 24.3 Å². The van der Waals surface area contributed by atoms with Gasteiger partial charge in [0.25, 0.3) is 0 Å². The van der Waals surface area contributed by atoms with Crippen LogP contribution in [0.5, 0.6) is 0 Å². The molecule has 0 spiro atoms. The normalized spacial score (nSPS) is 14.7. The summed E-state index contributed by atoms with van der Waals surface area (Å²) in [5.41, 5.74) is 0. The molecular weight excluding hydrogens is 198 g/mol. The second-order valence-corrected chi connectivity index (χ2v) is 2.01. The van der Waals surface area contributed by atoms with Gasteiger partial charge >= 0.3 is 0 Å². The summed E-state index contributed by atoms with van der Waals surface area (Å²) in [6.45, 7) is 0. The molecule has 0 aliphatic heterocycles. The van der Waals surface area contributed by atoms with Crippen LogP contribution in [0.1, 0.15) is 12.8 Å². The van der Waals surface area contributed by atoms with Gasteiger partial charge in [0.1, 0.15) is 0 Å². The van der Waals surface area contributed by atoms with Crippen LogP contribution in [0.3, 0.4) is 0 Å². The topological polar surface area (TPSA) is 0 Å². The predicted octanol–water partition coefficient (Wildman–Crippen LogP) is 3.06. The maximum atomic E-state index is 2.99. The standard InChI is InChI=1S/2C5H5.CH3.Zn/c2*1-2-4-5-3-1;;/h2*1-3H,4H2;1H3;/q3*-1;. The van der Waals surface area contributed by atoms with E-state index < -0.39 is 0 Å². The first-order valence-electron chi connectivity index (χ1n) is 3.43. The van der Waals surface area contributed by atoms with Gasteiger partial charge in [-0.1, -0.05) is 0 Å². The molecule has 0 nitrogen and oxygen atoms in total. The molecule has 0 aromatic rings. The summed E-state index contributed by atoms with van der Waals surface area (Å²) < 4.78 is 0. The van der Waals surface area contributed by atoms with Crippen molar-refractivity contribution in [3.8, 4) is 0 Å². The van der Waals surface area contributed by atoms with Gasteiger partial charge in [0.05, 0.1) is 0 Å². The Morgan fingerprint density at radius 1 is 0.833 bits per heavy atom. The van der Waals surface area contributed by atoms with Crippen LogP contribution in [0.4, 0.5) is 0 Å². The van der Waals surface area contributed by atoms with E-state index in [1.165, 1.54) is 0 Å². The van der Waals surface area contributed by atoms with Crippen LogP contribution in [0.15, 0.2) is 36.5 Å². The second kappa shape index (κ2) is 10.6. The van der Waals surface area contributed by atoms with Crippen molar-refractivity contribution in [3.05, 3.63) is 56.0 Å². The fourth-order valence-corrected chi connectivity index (χ4v) is 0.680. The third kappa shape index (κ3) is 7.69. The van der Waals surface area contributed by atoms with Gasteiger partial charge in [0.15, 0.2) is 0 Å². The first-order valence-corrected chi connectivity index (χ1v) is 3.43. The first-order chi connectivity index (χ1) is 5.00. The van der Waals surface area contributed by atoms with Crippen LogP contribution in [-0.2, 0) is 19.5 Å². The van der Waals surface area contributed by atoms with Gasteiger partial charge in [-0.2, -0.15) is 12.2 Å². The minimum atomic E-state index is 0. The molecule has 2 aliphatic carbocycles. The van der Waals surface area contributed by atoms with E-state index in [2.05, 4.69) is 24.3 Å². The van der Waals surface area contributed by atoms with Crippen molar-refractivity contribution >= 4 is 0 Å². The number of allylic oxidation sites excluding steroid dienone is 8. The summed E-state index contributed by atoms with van der Waals surface area (Å²) in [7, 11) is 0. The summed E-state index contributed by atoms with van der Waals surface area (Å²) in [6, 6.07) is 0. The molecule has 2 rings (SSSR count). The Bertz CT molecular complexity index is 143. The first kappa shape index (κ1) is 14.1. The van der Waals surface area contributed by atoms with E-state index in [-0.39, 0.29) is 26.9 Å². The van der Waals surface area contributed by atoms with Crippen LogP contribution >= 0.6 is 0 Å². The summed E-state index contributed by atoms with van der Waals surface area (Å²) in [4.78, 5) is 0. The van der Waals surface area contributed by atoms with Crippen LogP contribution in [-0.4, -0.2) is 0 Å². The third-order valence-corrected chi connectivity index (χ3v) is 1.17. The van der Waals surface area contributed by atoms with Crippen LogP contribution in [0.25, 0.3) is 0 Å². The van der Waals surface area contributed by atoms with E-state index in [4.69, 9.17) is 0 Å². The quantitative estimate of drug-likeness (QED) is 0.426. The van der Waals surface area contributed by atoms with Gasteiger partial charge in [-0.05, 0) is 0 Å². The van der Waals surface area contributed by atoms with Crippen molar-refractivity contribution in [3.63, 3.8) is 0 Å². The van der Waals surface area contributed by atoms with Crippen molar-refractivity contribution in [2.75, 3.05) is 0 Å². The number of hydrogen-bond donors (Lipinski definition) is 0. The maximum Gasteiger partial charge on any atom is 0 e. The van der Waals surface area contributed by atoms with E-state index >= 15 is 0 Å². The van der Waals surface area contributed by atoms with E-state index in [0.29, 0.717) is 0 Å². The molecule has 0 amide bonds. The largest absolute Gasteiger partial charge is 0.358 e. The molecule has 0 aromatic heterocycles. The Labute approximate surface area is 88.5 Å². The summed E-state index contributed by atoms with van der Waals surface area (Å²) in [6.07, 6.45) is 20.0. The predicted molar refractivity (Wildman–Crippen MR) is 49.6 cm³/mol. The Morgan fingerprint density at radius 3 is 1.33 bits per heavy atom. The van der Waals surface area contributed by atoms with Crippen molar-refractivity contribution in [2.45, 2.75) is 12.8 Å². The Hall–Kier alpha value is -0.417. The van der Waals surface area contributed by atoms with E-state index in [1.807, 2.05) is 24.3 Å². The molecule has 62 valence electrons. The molecule has 0 radical (unpaired) electrons. The van der Waals surface area contributed by atoms with Crippen molar-refractivity contribution in [1.82, 2.24) is 0 Å². The molecule has 2 aliphatic rings. The molecule has 0 N–H and O–H groups in total. The van der Waals surface area contributed by atoms with Crippen LogP contribution < -0.4 is 0 Å². The molecule has 0 heterocycles. The monoisotopic (exact) mass is 209 g/mol. The van der Waals surface area contributed by atoms with Crippen LogP contribution in [0.2, 0.25) is 0 Å². The third-order valence-electron chi connectivity index (χ3n) is 1.17. The minimum Gasteiger partial charge on any atom is -0.358 e. The fourth-order valence-electron chi connectivity index (χ4n) is 0.680. The van der Waals surface area contributed by atoms with Gasteiger partial charge in [0, 0.05) is 19.5 Å². The summed E-state index contributed by atoms with van der Waals surface area (Å²) in [5, 5.41) is 0. The molecule has 0 saturated carbocycles. The Morgan fingerprint density at radius 2 is 1.25 bits per heavy atom. The number of rotatable bonds is 0. The number of hydrogen-bond acceptors (Lipinski definition) is 0. The Balaban J connectivity index is 0. The maximum absolute atomic E-state index is 2.99. The zero-order chi connectivity index (χ0) is 7.07. The smallest absolute Gasteiger partial charge is 0 e. The summed E-state index contributed by atoms with van der Waals surface area (Å²) >= 11 is 0. The van der Waals surface area contributed by atoms with Crippen molar-refractivity contribution in [2.24, 2.45) is 0 Å². The van der Waals surface area contributed by atoms with Gasteiger partial charge in [-0.3, -0.25) is 12.2 Å². The zero-order valence-electron chi connectivity index (χ0n) is 7.59. The molecule has 0 fully saturated rings. The van der Waals surface area contributed by atoms with E-state index in [1.54, 1.807) is 0 Å². The molecule has 12 heavy (non-hydrogen) atoms. The molecule has 0 bridgehead atoms. The second-order valence-electron chi connectivity index (χ2n) is 2.01. The van der Waals surface area contributed by atoms with Crippen molar-refractivity contribution < 1.29 is 19.5 Å². The van der Waals surface area contributed by atoms with Gasteiger partial charge < -0.3 is 7.43 Å². The SMILES string of the molecule is [C-]1=CC=CC1.[C-]1=CC=CC1.[CH3-].[Zn]. The fraction of sp³-hybridized carbons (Fsp3) is 0.182. The summed E-state index contributed by atoms with van der Waals surface area (Å²) in [5.74, 6) is 0. The van der Waals surface area contributed by atoms with Gasteiger partial charge in [-0.15, -0.1) is 12.8 Å². The average Bonchev–Trinajstić information content (AvgIpc) is 2.67. The minimum absolute atomic E-state index is 0. The molecule has 0 unspecified atom stereocenters. The molecule has 0 aromatic carbocycles. The van der Waals surface area contributed by atoms with E-state index in [0.717, 1.165) is 12.8 Å². The van der Waals surface area contributed by atoms with E-state index in [9.17, 15) is 0 Å². The Kier molecular flexibility index (Phi) is 12.5. The zero-order valence-corrected chi connectivity index (χ0v) is 10.6. The molecule has 0 saturated heterocycles. The average molecular weight is 211 g/mol. The molecule has 1 heteroatoms.